The monoisotopic (exact) mass is 362 g/mol. The van der Waals surface area contributed by atoms with E-state index in [1.165, 1.54) is 5.56 Å². The first-order valence-corrected chi connectivity index (χ1v) is 8.48. The van der Waals surface area contributed by atoms with Gasteiger partial charge in [0.2, 0.25) is 6.79 Å². The summed E-state index contributed by atoms with van der Waals surface area (Å²) >= 11 is 0. The Bertz CT molecular complexity index is 1000. The third-order valence-electron chi connectivity index (χ3n) is 4.41. The molecule has 136 valence electrons. The molecular weight excluding hydrogens is 344 g/mol. The van der Waals surface area contributed by atoms with Gasteiger partial charge < -0.3 is 20.1 Å². The standard InChI is InChI=1S/C20H18N4O3/c1-12-4-3-5-15(13(12)2)21-18-8-9-19(24-23-18)22-20(25)14-6-7-16-17(10-14)27-11-26-16/h3-10H,11H2,1-2H3,(H,21,23)(H,22,24,25). The zero-order chi connectivity index (χ0) is 18.8. The predicted octanol–water partition coefficient (Wildman–Crippen LogP) is 3.82. The normalized spacial score (nSPS) is 11.9. The molecule has 1 aliphatic rings. The van der Waals surface area contributed by atoms with Crippen LogP contribution in [0.25, 0.3) is 0 Å². The van der Waals surface area contributed by atoms with E-state index in [1.807, 2.05) is 19.1 Å². The molecule has 3 aromatic rings. The molecule has 0 spiro atoms. The van der Waals surface area contributed by atoms with Crippen LogP contribution in [0, 0.1) is 13.8 Å². The van der Waals surface area contributed by atoms with Crippen molar-refractivity contribution in [3.63, 3.8) is 0 Å². The molecule has 4 rings (SSSR count). The van der Waals surface area contributed by atoms with E-state index in [9.17, 15) is 4.79 Å². The molecule has 0 bridgehead atoms. The summed E-state index contributed by atoms with van der Waals surface area (Å²) in [4.78, 5) is 12.4. The number of carbonyl (C=O) groups excluding carboxylic acids is 1. The number of rotatable bonds is 4. The van der Waals surface area contributed by atoms with Crippen molar-refractivity contribution in [1.82, 2.24) is 10.2 Å². The van der Waals surface area contributed by atoms with Gasteiger partial charge in [-0.05, 0) is 61.4 Å². The molecule has 0 fully saturated rings. The maximum absolute atomic E-state index is 12.4. The van der Waals surface area contributed by atoms with Crippen LogP contribution >= 0.6 is 0 Å². The number of amides is 1. The Morgan fingerprint density at radius 3 is 2.56 bits per heavy atom. The van der Waals surface area contributed by atoms with E-state index in [0.29, 0.717) is 28.7 Å². The number of aromatic nitrogens is 2. The van der Waals surface area contributed by atoms with Gasteiger partial charge in [-0.15, -0.1) is 10.2 Å². The minimum absolute atomic E-state index is 0.167. The van der Waals surface area contributed by atoms with Gasteiger partial charge in [0, 0.05) is 11.3 Å². The summed E-state index contributed by atoms with van der Waals surface area (Å²) in [5.74, 6) is 1.86. The SMILES string of the molecule is Cc1cccc(Nc2ccc(NC(=O)c3ccc4c(c3)OCO4)nn2)c1C. The molecule has 7 heteroatoms. The molecule has 1 aliphatic heterocycles. The fourth-order valence-electron chi connectivity index (χ4n) is 2.72. The topological polar surface area (TPSA) is 85.4 Å². The average molecular weight is 362 g/mol. The maximum atomic E-state index is 12.4. The number of hydrogen-bond donors (Lipinski definition) is 2. The van der Waals surface area contributed by atoms with Crippen LogP contribution in [0.2, 0.25) is 0 Å². The summed E-state index contributed by atoms with van der Waals surface area (Å²) < 4.78 is 10.5. The van der Waals surface area contributed by atoms with Gasteiger partial charge in [-0.1, -0.05) is 12.1 Å². The van der Waals surface area contributed by atoms with Crippen LogP contribution in [0.5, 0.6) is 11.5 Å². The Balaban J connectivity index is 1.44. The zero-order valence-corrected chi connectivity index (χ0v) is 14.9. The van der Waals surface area contributed by atoms with Gasteiger partial charge in [0.05, 0.1) is 0 Å². The number of anilines is 3. The van der Waals surface area contributed by atoms with E-state index in [4.69, 9.17) is 9.47 Å². The first-order chi connectivity index (χ1) is 13.1. The molecule has 0 aliphatic carbocycles. The molecule has 7 nitrogen and oxygen atoms in total. The van der Waals surface area contributed by atoms with Crippen LogP contribution in [-0.2, 0) is 0 Å². The fourth-order valence-corrected chi connectivity index (χ4v) is 2.72. The first kappa shape index (κ1) is 16.8. The predicted molar refractivity (Wildman–Crippen MR) is 102 cm³/mol. The van der Waals surface area contributed by atoms with Crippen molar-refractivity contribution >= 4 is 23.2 Å². The van der Waals surface area contributed by atoms with Gasteiger partial charge in [-0.25, -0.2) is 0 Å². The molecule has 2 N–H and O–H groups in total. The first-order valence-electron chi connectivity index (χ1n) is 8.48. The zero-order valence-electron chi connectivity index (χ0n) is 14.9. The van der Waals surface area contributed by atoms with Crippen molar-refractivity contribution in [2.45, 2.75) is 13.8 Å². The smallest absolute Gasteiger partial charge is 0.257 e. The second-order valence-corrected chi connectivity index (χ2v) is 6.20. The highest BCUT2D eigenvalue weighted by Gasteiger charge is 2.16. The lowest BCUT2D eigenvalue weighted by Gasteiger charge is -2.11. The van der Waals surface area contributed by atoms with E-state index in [-0.39, 0.29) is 12.7 Å². The second kappa shape index (κ2) is 6.95. The van der Waals surface area contributed by atoms with Gasteiger partial charge in [0.1, 0.15) is 0 Å². The van der Waals surface area contributed by atoms with Crippen LogP contribution in [0.1, 0.15) is 21.5 Å². The summed E-state index contributed by atoms with van der Waals surface area (Å²) in [6.45, 7) is 4.27. The van der Waals surface area contributed by atoms with Crippen molar-refractivity contribution in [2.24, 2.45) is 0 Å². The number of nitrogens with zero attached hydrogens (tertiary/aromatic N) is 2. The Labute approximate surface area is 156 Å². The summed E-state index contributed by atoms with van der Waals surface area (Å²) in [5.41, 5.74) is 3.78. The lowest BCUT2D eigenvalue weighted by Crippen LogP contribution is -2.13. The van der Waals surface area contributed by atoms with E-state index in [0.717, 1.165) is 11.3 Å². The lowest BCUT2D eigenvalue weighted by atomic mass is 10.1. The van der Waals surface area contributed by atoms with E-state index in [2.05, 4.69) is 33.8 Å². The molecule has 0 atom stereocenters. The number of hydrogen-bond acceptors (Lipinski definition) is 6. The van der Waals surface area contributed by atoms with Gasteiger partial charge >= 0.3 is 0 Å². The molecule has 0 unspecified atom stereocenters. The van der Waals surface area contributed by atoms with Gasteiger partial charge in [-0.2, -0.15) is 0 Å². The van der Waals surface area contributed by atoms with Crippen molar-refractivity contribution < 1.29 is 14.3 Å². The lowest BCUT2D eigenvalue weighted by molar-refractivity contribution is 0.102. The summed E-state index contributed by atoms with van der Waals surface area (Å²) in [6, 6.07) is 14.5. The number of ether oxygens (including phenoxy) is 2. The molecule has 0 saturated heterocycles. The highest BCUT2D eigenvalue weighted by molar-refractivity contribution is 6.04. The minimum atomic E-state index is -0.294. The molecule has 2 aromatic carbocycles. The maximum Gasteiger partial charge on any atom is 0.257 e. The molecule has 27 heavy (non-hydrogen) atoms. The number of fused-ring (bicyclic) bond motifs is 1. The van der Waals surface area contributed by atoms with Gasteiger partial charge in [0.15, 0.2) is 23.1 Å². The molecule has 0 radical (unpaired) electrons. The van der Waals surface area contributed by atoms with Crippen LogP contribution in [0.15, 0.2) is 48.5 Å². The van der Waals surface area contributed by atoms with Crippen molar-refractivity contribution in [3.8, 4) is 11.5 Å². The van der Waals surface area contributed by atoms with Crippen LogP contribution in [0.4, 0.5) is 17.3 Å². The van der Waals surface area contributed by atoms with Crippen molar-refractivity contribution in [3.05, 3.63) is 65.2 Å². The van der Waals surface area contributed by atoms with E-state index < -0.39 is 0 Å². The summed E-state index contributed by atoms with van der Waals surface area (Å²) in [7, 11) is 0. The summed E-state index contributed by atoms with van der Waals surface area (Å²) in [6.07, 6.45) is 0. The Morgan fingerprint density at radius 2 is 1.74 bits per heavy atom. The Kier molecular flexibility index (Phi) is 4.33. The largest absolute Gasteiger partial charge is 0.454 e. The van der Waals surface area contributed by atoms with Crippen molar-refractivity contribution in [1.29, 1.82) is 0 Å². The fraction of sp³-hybridized carbons (Fsp3) is 0.150. The number of carbonyl (C=O) groups is 1. The van der Waals surface area contributed by atoms with E-state index in [1.54, 1.807) is 30.3 Å². The highest BCUT2D eigenvalue weighted by atomic mass is 16.7. The number of benzene rings is 2. The third kappa shape index (κ3) is 3.52. The molecule has 1 aromatic heterocycles. The number of nitrogens with one attached hydrogen (secondary N) is 2. The minimum Gasteiger partial charge on any atom is -0.454 e. The average Bonchev–Trinajstić information content (AvgIpc) is 3.15. The molecule has 1 amide bonds. The number of aryl methyl sites for hydroxylation is 1. The highest BCUT2D eigenvalue weighted by Crippen LogP contribution is 2.32. The van der Waals surface area contributed by atoms with Crippen LogP contribution < -0.4 is 20.1 Å². The van der Waals surface area contributed by atoms with E-state index >= 15 is 0 Å². The molecule has 2 heterocycles. The van der Waals surface area contributed by atoms with Crippen LogP contribution in [0.3, 0.4) is 0 Å². The van der Waals surface area contributed by atoms with Gasteiger partial charge in [-0.3, -0.25) is 4.79 Å². The molecule has 0 saturated carbocycles. The van der Waals surface area contributed by atoms with Crippen LogP contribution in [-0.4, -0.2) is 22.9 Å². The Hall–Kier alpha value is -3.61. The summed E-state index contributed by atoms with van der Waals surface area (Å²) in [5, 5.41) is 14.2. The van der Waals surface area contributed by atoms with Gasteiger partial charge in [0.25, 0.3) is 5.91 Å². The molecular formula is C20H18N4O3. The van der Waals surface area contributed by atoms with Crippen molar-refractivity contribution in [2.75, 3.05) is 17.4 Å². The second-order valence-electron chi connectivity index (χ2n) is 6.20. The Morgan fingerprint density at radius 1 is 0.963 bits per heavy atom. The third-order valence-corrected chi connectivity index (χ3v) is 4.41. The quantitative estimate of drug-likeness (QED) is 0.734.